The Morgan fingerprint density at radius 1 is 1.26 bits per heavy atom. The van der Waals surface area contributed by atoms with E-state index in [1.54, 1.807) is 30.0 Å². The van der Waals surface area contributed by atoms with Gasteiger partial charge in [0.05, 0.1) is 0 Å². The molecule has 0 aliphatic heterocycles. The topological polar surface area (TPSA) is 39.9 Å². The third-order valence-corrected chi connectivity index (χ3v) is 5.34. The minimum atomic E-state index is -0.330. The van der Waals surface area contributed by atoms with Gasteiger partial charge in [-0.25, -0.2) is 4.39 Å². The SMILES string of the molecule is C=CCn1c(SCc2cccc(Br)c2)nnc1C(C)Oc1ccc(F)cc1. The van der Waals surface area contributed by atoms with Crippen LogP contribution in [0.15, 0.2) is 70.8 Å². The molecule has 140 valence electrons. The van der Waals surface area contributed by atoms with E-state index in [4.69, 9.17) is 4.74 Å². The van der Waals surface area contributed by atoms with Gasteiger partial charge in [0.1, 0.15) is 11.6 Å². The fraction of sp³-hybridized carbons (Fsp3) is 0.200. The molecule has 0 saturated heterocycles. The fourth-order valence-corrected chi connectivity index (χ4v) is 3.90. The highest BCUT2D eigenvalue weighted by atomic mass is 79.9. The number of nitrogens with zero attached hydrogens (tertiary/aromatic N) is 3. The van der Waals surface area contributed by atoms with Crippen molar-refractivity contribution >= 4 is 27.7 Å². The molecule has 1 unspecified atom stereocenters. The Hall–Kier alpha value is -2.12. The summed E-state index contributed by atoms with van der Waals surface area (Å²) in [7, 11) is 0. The molecule has 27 heavy (non-hydrogen) atoms. The zero-order valence-corrected chi connectivity index (χ0v) is 17.2. The maximum Gasteiger partial charge on any atom is 0.191 e. The Balaban J connectivity index is 1.75. The molecule has 1 heterocycles. The Morgan fingerprint density at radius 2 is 2.04 bits per heavy atom. The summed E-state index contributed by atoms with van der Waals surface area (Å²) in [6.07, 6.45) is 1.48. The molecule has 0 amide bonds. The summed E-state index contributed by atoms with van der Waals surface area (Å²) in [4.78, 5) is 0. The van der Waals surface area contributed by atoms with Crippen molar-refractivity contribution in [1.29, 1.82) is 0 Å². The standard InChI is InChI=1S/C20H19BrFN3OS/c1-3-11-25-19(14(2)26-18-9-7-17(22)8-10-18)23-24-20(25)27-13-15-5-4-6-16(21)12-15/h3-10,12,14H,1,11,13H2,2H3. The number of aromatic nitrogens is 3. The number of rotatable bonds is 8. The second-order valence-corrected chi connectivity index (χ2v) is 7.73. The molecule has 0 aliphatic rings. The van der Waals surface area contributed by atoms with E-state index >= 15 is 0 Å². The molecule has 0 spiro atoms. The fourth-order valence-electron chi connectivity index (χ4n) is 2.55. The number of hydrogen-bond acceptors (Lipinski definition) is 4. The van der Waals surface area contributed by atoms with Crippen LogP contribution < -0.4 is 4.74 Å². The molecule has 3 aromatic rings. The zero-order valence-electron chi connectivity index (χ0n) is 14.8. The summed E-state index contributed by atoms with van der Waals surface area (Å²) >= 11 is 5.10. The predicted octanol–water partition coefficient (Wildman–Crippen LogP) is 5.80. The molecule has 0 bridgehead atoms. The first kappa shape index (κ1) is 19.6. The van der Waals surface area contributed by atoms with Gasteiger partial charge in [-0.05, 0) is 48.9 Å². The van der Waals surface area contributed by atoms with Gasteiger partial charge in [0.15, 0.2) is 17.1 Å². The number of ether oxygens (including phenoxy) is 1. The van der Waals surface area contributed by atoms with Crippen LogP contribution >= 0.6 is 27.7 Å². The largest absolute Gasteiger partial charge is 0.483 e. The zero-order chi connectivity index (χ0) is 19.2. The monoisotopic (exact) mass is 447 g/mol. The molecule has 4 nitrogen and oxygen atoms in total. The van der Waals surface area contributed by atoms with Crippen LogP contribution in [-0.2, 0) is 12.3 Å². The smallest absolute Gasteiger partial charge is 0.191 e. The lowest BCUT2D eigenvalue weighted by Crippen LogP contribution is -2.12. The van der Waals surface area contributed by atoms with Gasteiger partial charge in [0, 0.05) is 16.8 Å². The van der Waals surface area contributed by atoms with Crippen LogP contribution in [0.25, 0.3) is 0 Å². The summed E-state index contributed by atoms with van der Waals surface area (Å²) in [6, 6.07) is 14.1. The quantitative estimate of drug-likeness (QED) is 0.323. The van der Waals surface area contributed by atoms with Crippen LogP contribution in [0.4, 0.5) is 4.39 Å². The molecular weight excluding hydrogens is 429 g/mol. The van der Waals surface area contributed by atoms with E-state index in [1.807, 2.05) is 23.6 Å². The highest BCUT2D eigenvalue weighted by Crippen LogP contribution is 2.27. The molecule has 3 rings (SSSR count). The van der Waals surface area contributed by atoms with E-state index in [0.29, 0.717) is 18.1 Å². The van der Waals surface area contributed by atoms with E-state index in [9.17, 15) is 4.39 Å². The number of halogens is 2. The van der Waals surface area contributed by atoms with Gasteiger partial charge in [-0.3, -0.25) is 4.57 Å². The molecular formula is C20H19BrFN3OS. The molecule has 0 aliphatic carbocycles. The van der Waals surface area contributed by atoms with Crippen LogP contribution in [0, 0.1) is 5.82 Å². The minimum absolute atomic E-state index is 0.295. The minimum Gasteiger partial charge on any atom is -0.483 e. The number of thioether (sulfide) groups is 1. The molecule has 0 saturated carbocycles. The summed E-state index contributed by atoms with van der Waals surface area (Å²) in [5.74, 6) is 1.77. The van der Waals surface area contributed by atoms with Crippen LogP contribution in [0.1, 0.15) is 24.4 Å². The lowest BCUT2D eigenvalue weighted by atomic mass is 10.2. The van der Waals surface area contributed by atoms with Gasteiger partial charge in [0.25, 0.3) is 0 Å². The summed E-state index contributed by atoms with van der Waals surface area (Å²) in [5, 5.41) is 9.44. The Kier molecular flexibility index (Phi) is 6.68. The van der Waals surface area contributed by atoms with Crippen molar-refractivity contribution in [3.63, 3.8) is 0 Å². The van der Waals surface area contributed by atoms with Crippen molar-refractivity contribution < 1.29 is 9.13 Å². The molecule has 0 radical (unpaired) electrons. The second kappa shape index (κ2) is 9.19. The van der Waals surface area contributed by atoms with Crippen LogP contribution in [0.5, 0.6) is 5.75 Å². The molecule has 0 fully saturated rings. The number of allylic oxidation sites excluding steroid dienone is 1. The molecule has 2 aromatic carbocycles. The number of hydrogen-bond donors (Lipinski definition) is 0. The van der Waals surface area contributed by atoms with E-state index in [0.717, 1.165) is 15.4 Å². The Morgan fingerprint density at radius 3 is 2.74 bits per heavy atom. The Labute approximate surface area is 170 Å². The van der Waals surface area contributed by atoms with E-state index in [2.05, 4.69) is 44.8 Å². The average Bonchev–Trinajstić information content (AvgIpc) is 3.05. The van der Waals surface area contributed by atoms with Crippen molar-refractivity contribution in [2.24, 2.45) is 0 Å². The van der Waals surface area contributed by atoms with Crippen molar-refractivity contribution in [3.05, 3.63) is 82.9 Å². The van der Waals surface area contributed by atoms with Crippen LogP contribution in [0.2, 0.25) is 0 Å². The Bertz CT molecular complexity index is 914. The van der Waals surface area contributed by atoms with Crippen molar-refractivity contribution in [3.8, 4) is 5.75 Å². The van der Waals surface area contributed by atoms with Gasteiger partial charge < -0.3 is 4.74 Å². The van der Waals surface area contributed by atoms with Gasteiger partial charge in [-0.2, -0.15) is 0 Å². The molecule has 1 atom stereocenters. The van der Waals surface area contributed by atoms with Gasteiger partial charge in [0.2, 0.25) is 0 Å². The first-order chi connectivity index (χ1) is 13.1. The van der Waals surface area contributed by atoms with Gasteiger partial charge in [-0.15, -0.1) is 16.8 Å². The lowest BCUT2D eigenvalue weighted by molar-refractivity contribution is 0.210. The lowest BCUT2D eigenvalue weighted by Gasteiger charge is -2.15. The van der Waals surface area contributed by atoms with Crippen LogP contribution in [0.3, 0.4) is 0 Å². The predicted molar refractivity (Wildman–Crippen MR) is 109 cm³/mol. The normalized spacial score (nSPS) is 12.0. The van der Waals surface area contributed by atoms with Crippen molar-refractivity contribution in [1.82, 2.24) is 14.8 Å². The second-order valence-electron chi connectivity index (χ2n) is 5.87. The van der Waals surface area contributed by atoms with Crippen LogP contribution in [-0.4, -0.2) is 14.8 Å². The van der Waals surface area contributed by atoms with Gasteiger partial charge in [-0.1, -0.05) is 45.9 Å². The van der Waals surface area contributed by atoms with E-state index < -0.39 is 0 Å². The first-order valence-electron chi connectivity index (χ1n) is 8.40. The average molecular weight is 448 g/mol. The summed E-state index contributed by atoms with van der Waals surface area (Å²) in [5.41, 5.74) is 1.19. The summed E-state index contributed by atoms with van der Waals surface area (Å²) < 4.78 is 22.0. The molecule has 0 N–H and O–H groups in total. The highest BCUT2D eigenvalue weighted by Gasteiger charge is 2.19. The maximum absolute atomic E-state index is 13.1. The first-order valence-corrected chi connectivity index (χ1v) is 10.2. The third-order valence-electron chi connectivity index (χ3n) is 3.80. The summed E-state index contributed by atoms with van der Waals surface area (Å²) in [6.45, 7) is 6.31. The van der Waals surface area contributed by atoms with E-state index in [1.165, 1.54) is 17.7 Å². The van der Waals surface area contributed by atoms with Crippen molar-refractivity contribution in [2.75, 3.05) is 0 Å². The van der Waals surface area contributed by atoms with E-state index in [-0.39, 0.29) is 11.9 Å². The highest BCUT2D eigenvalue weighted by molar-refractivity contribution is 9.10. The molecule has 1 aromatic heterocycles. The third kappa shape index (κ3) is 5.20. The maximum atomic E-state index is 13.1. The van der Waals surface area contributed by atoms with Crippen molar-refractivity contribution in [2.45, 2.75) is 30.5 Å². The van der Waals surface area contributed by atoms with Gasteiger partial charge >= 0.3 is 0 Å². The molecule has 7 heteroatoms. The number of benzene rings is 2.